The molecule has 1 saturated heterocycles. The predicted octanol–water partition coefficient (Wildman–Crippen LogP) is 2.29. The summed E-state index contributed by atoms with van der Waals surface area (Å²) in [6.45, 7) is 11.3. The smallest absolute Gasteiger partial charge is 0.228 e. The van der Waals surface area contributed by atoms with E-state index in [1.807, 2.05) is 25.7 Å². The van der Waals surface area contributed by atoms with E-state index in [1.165, 1.54) is 0 Å². The number of carbonyl (C=O) groups is 1. The second kappa shape index (κ2) is 3.32. The van der Waals surface area contributed by atoms with Crippen molar-refractivity contribution in [1.82, 2.24) is 4.90 Å². The molecule has 0 saturated carbocycles. The van der Waals surface area contributed by atoms with Gasteiger partial charge in [-0.05, 0) is 19.3 Å². The first-order chi connectivity index (χ1) is 5.82. The van der Waals surface area contributed by atoms with Crippen molar-refractivity contribution in [2.75, 3.05) is 6.54 Å². The fourth-order valence-corrected chi connectivity index (χ4v) is 2.01. The van der Waals surface area contributed by atoms with Crippen molar-refractivity contribution in [2.24, 2.45) is 11.3 Å². The molecule has 2 nitrogen and oxygen atoms in total. The second-order valence-corrected chi connectivity index (χ2v) is 5.40. The maximum atomic E-state index is 11.9. The molecule has 1 rings (SSSR count). The van der Waals surface area contributed by atoms with Crippen LogP contribution in [0.2, 0.25) is 0 Å². The van der Waals surface area contributed by atoms with Crippen LogP contribution in [0.4, 0.5) is 0 Å². The molecule has 1 aliphatic heterocycles. The number of nitrogens with zero attached hydrogens (tertiary/aromatic N) is 1. The fourth-order valence-electron chi connectivity index (χ4n) is 2.01. The van der Waals surface area contributed by atoms with E-state index in [-0.39, 0.29) is 5.41 Å². The minimum Gasteiger partial charge on any atom is -0.339 e. The molecule has 1 heterocycles. The summed E-state index contributed by atoms with van der Waals surface area (Å²) >= 11 is 0. The largest absolute Gasteiger partial charge is 0.339 e. The molecule has 1 amide bonds. The van der Waals surface area contributed by atoms with Gasteiger partial charge >= 0.3 is 0 Å². The van der Waals surface area contributed by atoms with E-state index in [0.717, 1.165) is 13.0 Å². The number of hydrogen-bond donors (Lipinski definition) is 0. The first-order valence-electron chi connectivity index (χ1n) is 5.13. The quantitative estimate of drug-likeness (QED) is 0.564. The van der Waals surface area contributed by atoms with E-state index in [9.17, 15) is 4.79 Å². The Balaban J connectivity index is 2.68. The minimum absolute atomic E-state index is 0.224. The van der Waals surface area contributed by atoms with Crippen molar-refractivity contribution in [3.8, 4) is 0 Å². The highest BCUT2D eigenvalue weighted by Gasteiger charge is 2.35. The molecule has 0 N–H and O–H groups in total. The van der Waals surface area contributed by atoms with Crippen molar-refractivity contribution in [2.45, 2.75) is 47.1 Å². The Labute approximate surface area is 81.3 Å². The normalized spacial score (nSPS) is 29.5. The van der Waals surface area contributed by atoms with E-state index >= 15 is 0 Å². The van der Waals surface area contributed by atoms with Gasteiger partial charge in [-0.2, -0.15) is 0 Å². The van der Waals surface area contributed by atoms with E-state index in [1.54, 1.807) is 0 Å². The summed E-state index contributed by atoms with van der Waals surface area (Å²) in [7, 11) is 0. The lowest BCUT2D eigenvalue weighted by Gasteiger charge is -2.29. The van der Waals surface area contributed by atoms with Crippen LogP contribution in [-0.4, -0.2) is 23.4 Å². The first-order valence-corrected chi connectivity index (χ1v) is 5.13. The molecule has 2 unspecified atom stereocenters. The molecule has 2 heteroatoms. The van der Waals surface area contributed by atoms with Gasteiger partial charge in [-0.3, -0.25) is 4.79 Å². The Bertz CT molecular complexity index is 205. The Hall–Kier alpha value is -0.530. The molecule has 0 aromatic heterocycles. The molecule has 2 atom stereocenters. The lowest BCUT2D eigenvalue weighted by molar-refractivity contribution is -0.140. The number of amides is 1. The Morgan fingerprint density at radius 3 is 2.15 bits per heavy atom. The molecule has 1 fully saturated rings. The van der Waals surface area contributed by atoms with Gasteiger partial charge in [0.2, 0.25) is 5.91 Å². The van der Waals surface area contributed by atoms with Crippen LogP contribution in [-0.2, 0) is 4.79 Å². The standard InChI is InChI=1S/C11H21NO/c1-8-6-9(2)12(7-8)10(13)11(3,4)5/h8-9H,6-7H2,1-5H3. The average molecular weight is 183 g/mol. The first kappa shape index (κ1) is 10.6. The summed E-state index contributed by atoms with van der Waals surface area (Å²) < 4.78 is 0. The summed E-state index contributed by atoms with van der Waals surface area (Å²) in [6, 6.07) is 0.432. The molecule has 0 bridgehead atoms. The highest BCUT2D eigenvalue weighted by molar-refractivity contribution is 5.82. The van der Waals surface area contributed by atoms with Crippen molar-refractivity contribution < 1.29 is 4.79 Å². The summed E-state index contributed by atoms with van der Waals surface area (Å²) in [4.78, 5) is 14.0. The third kappa shape index (κ3) is 2.23. The zero-order valence-corrected chi connectivity index (χ0v) is 9.42. The Morgan fingerprint density at radius 2 is 1.85 bits per heavy atom. The van der Waals surface area contributed by atoms with Crippen molar-refractivity contribution in [3.63, 3.8) is 0 Å². The van der Waals surface area contributed by atoms with Crippen LogP contribution in [0, 0.1) is 11.3 Å². The fraction of sp³-hybridized carbons (Fsp3) is 0.909. The Morgan fingerprint density at radius 1 is 1.31 bits per heavy atom. The van der Waals surface area contributed by atoms with Crippen molar-refractivity contribution in [3.05, 3.63) is 0 Å². The van der Waals surface area contributed by atoms with Gasteiger partial charge in [0.05, 0.1) is 0 Å². The van der Waals surface area contributed by atoms with Gasteiger partial charge in [0, 0.05) is 18.0 Å². The van der Waals surface area contributed by atoms with Gasteiger partial charge in [-0.15, -0.1) is 0 Å². The molecule has 0 aromatic rings. The summed E-state index contributed by atoms with van der Waals surface area (Å²) in [5, 5.41) is 0. The van der Waals surface area contributed by atoms with E-state index < -0.39 is 0 Å². The zero-order chi connectivity index (χ0) is 10.2. The molecule has 76 valence electrons. The lowest BCUT2D eigenvalue weighted by Crippen LogP contribution is -2.41. The summed E-state index contributed by atoms with van der Waals surface area (Å²) in [5.74, 6) is 0.964. The maximum absolute atomic E-state index is 11.9. The van der Waals surface area contributed by atoms with E-state index in [2.05, 4.69) is 13.8 Å². The monoisotopic (exact) mass is 183 g/mol. The summed E-state index contributed by atoms with van der Waals surface area (Å²) in [5.41, 5.74) is -0.224. The van der Waals surface area contributed by atoms with Crippen LogP contribution in [0.3, 0.4) is 0 Å². The van der Waals surface area contributed by atoms with Crippen LogP contribution < -0.4 is 0 Å². The van der Waals surface area contributed by atoms with Crippen LogP contribution in [0.1, 0.15) is 41.0 Å². The molecular weight excluding hydrogens is 162 g/mol. The second-order valence-electron chi connectivity index (χ2n) is 5.40. The van der Waals surface area contributed by atoms with Crippen LogP contribution >= 0.6 is 0 Å². The van der Waals surface area contributed by atoms with Gasteiger partial charge in [0.1, 0.15) is 0 Å². The number of rotatable bonds is 0. The SMILES string of the molecule is CC1CC(C)N(C(=O)C(C)(C)C)C1. The van der Waals surface area contributed by atoms with E-state index in [0.29, 0.717) is 17.9 Å². The molecule has 0 radical (unpaired) electrons. The van der Waals surface area contributed by atoms with Crippen molar-refractivity contribution in [1.29, 1.82) is 0 Å². The molecule has 13 heavy (non-hydrogen) atoms. The topological polar surface area (TPSA) is 20.3 Å². The highest BCUT2D eigenvalue weighted by atomic mass is 16.2. The Kier molecular flexibility index (Phi) is 2.69. The molecule has 1 aliphatic rings. The molecule has 0 spiro atoms. The van der Waals surface area contributed by atoms with Gasteiger partial charge in [0.15, 0.2) is 0 Å². The zero-order valence-electron chi connectivity index (χ0n) is 9.42. The molecule has 0 aromatic carbocycles. The van der Waals surface area contributed by atoms with Crippen molar-refractivity contribution >= 4 is 5.91 Å². The minimum atomic E-state index is -0.224. The average Bonchev–Trinajstić information content (AvgIpc) is 2.26. The van der Waals surface area contributed by atoms with Crippen LogP contribution in [0.25, 0.3) is 0 Å². The number of hydrogen-bond acceptors (Lipinski definition) is 1. The van der Waals surface area contributed by atoms with Gasteiger partial charge in [0.25, 0.3) is 0 Å². The predicted molar refractivity (Wildman–Crippen MR) is 54.4 cm³/mol. The third-order valence-corrected chi connectivity index (χ3v) is 2.69. The highest BCUT2D eigenvalue weighted by Crippen LogP contribution is 2.27. The lowest BCUT2D eigenvalue weighted by atomic mass is 9.94. The number of likely N-dealkylation sites (tertiary alicyclic amines) is 1. The van der Waals surface area contributed by atoms with Crippen LogP contribution in [0.15, 0.2) is 0 Å². The van der Waals surface area contributed by atoms with E-state index in [4.69, 9.17) is 0 Å². The maximum Gasteiger partial charge on any atom is 0.228 e. The summed E-state index contributed by atoms with van der Waals surface area (Å²) in [6.07, 6.45) is 1.15. The van der Waals surface area contributed by atoms with Crippen LogP contribution in [0.5, 0.6) is 0 Å². The molecular formula is C11H21NO. The van der Waals surface area contributed by atoms with Gasteiger partial charge < -0.3 is 4.90 Å². The number of carbonyl (C=O) groups excluding carboxylic acids is 1. The van der Waals surface area contributed by atoms with Gasteiger partial charge in [-0.25, -0.2) is 0 Å². The van der Waals surface area contributed by atoms with Gasteiger partial charge in [-0.1, -0.05) is 27.7 Å². The third-order valence-electron chi connectivity index (χ3n) is 2.69. The molecule has 0 aliphatic carbocycles.